The van der Waals surface area contributed by atoms with E-state index in [1.165, 1.54) is 55.6 Å². The lowest BCUT2D eigenvalue weighted by Gasteiger charge is -2.43. The molecule has 2 nitrogen and oxygen atoms in total. The molecular weight excluding hydrogens is 360 g/mol. The molecule has 0 bridgehead atoms. The van der Waals surface area contributed by atoms with Crippen molar-refractivity contribution in [2.45, 2.75) is 20.8 Å². The molecule has 2 heterocycles. The normalized spacial score (nSPS) is 14.0. The zero-order chi connectivity index (χ0) is 19.6. The van der Waals surface area contributed by atoms with E-state index < -0.39 is 0 Å². The third-order valence-corrected chi connectivity index (χ3v) is 6.97. The zero-order valence-corrected chi connectivity index (χ0v) is 17.9. The SMILES string of the molecule is COB1c2cc(C)ccc2N2c3ccc(C)cc3B(SC)c3cc(C)cc1c32. The standard InChI is InChI=1S/C23H23B2NOS/c1-14-6-8-21-17(10-14)24(27-4)19-12-16(3)13-20-23(19)26(21)22-9-7-15(2)11-18(22)25(20)28-5/h6-13H,1-5H3. The summed E-state index contributed by atoms with van der Waals surface area (Å²) in [7, 11) is 1.83. The van der Waals surface area contributed by atoms with Crippen molar-refractivity contribution in [2.24, 2.45) is 0 Å². The summed E-state index contributed by atoms with van der Waals surface area (Å²) < 4.78 is 6.07. The van der Waals surface area contributed by atoms with Crippen molar-refractivity contribution in [3.63, 3.8) is 0 Å². The fourth-order valence-corrected chi connectivity index (χ4v) is 5.76. The predicted molar refractivity (Wildman–Crippen MR) is 126 cm³/mol. The molecule has 0 N–H and O–H groups in total. The molecule has 0 spiro atoms. The van der Waals surface area contributed by atoms with Gasteiger partial charge in [-0.3, -0.25) is 0 Å². The van der Waals surface area contributed by atoms with Crippen molar-refractivity contribution >= 4 is 63.4 Å². The molecule has 3 aromatic rings. The van der Waals surface area contributed by atoms with Gasteiger partial charge in [-0.25, -0.2) is 11.6 Å². The highest BCUT2D eigenvalue weighted by atomic mass is 32.2. The molecule has 0 aromatic heterocycles. The largest absolute Gasteiger partial charge is 0.430 e. The summed E-state index contributed by atoms with van der Waals surface area (Å²) in [4.78, 5) is 2.47. The molecule has 0 fully saturated rings. The van der Waals surface area contributed by atoms with Crippen LogP contribution in [0.2, 0.25) is 0 Å². The molecule has 3 aromatic carbocycles. The highest BCUT2D eigenvalue weighted by molar-refractivity contribution is 8.27. The number of hydrogen-bond donors (Lipinski definition) is 0. The summed E-state index contributed by atoms with van der Waals surface area (Å²) in [5, 5.41) is 0. The summed E-state index contributed by atoms with van der Waals surface area (Å²) in [5.74, 6) is 0.337. The Morgan fingerprint density at radius 1 is 0.750 bits per heavy atom. The Morgan fingerprint density at radius 3 is 1.96 bits per heavy atom. The second-order valence-electron chi connectivity index (χ2n) is 7.98. The van der Waals surface area contributed by atoms with Gasteiger partial charge in [0.1, 0.15) is 0 Å². The summed E-state index contributed by atoms with van der Waals surface area (Å²) in [6, 6.07) is 18.3. The fourth-order valence-electron chi connectivity index (χ4n) is 4.88. The maximum Gasteiger partial charge on any atom is 0.365 e. The molecule has 0 radical (unpaired) electrons. The van der Waals surface area contributed by atoms with E-state index >= 15 is 0 Å². The quantitative estimate of drug-likeness (QED) is 0.632. The molecular formula is C23H23B2NOS. The molecule has 138 valence electrons. The molecule has 28 heavy (non-hydrogen) atoms. The van der Waals surface area contributed by atoms with Gasteiger partial charge in [0.15, 0.2) is 0 Å². The van der Waals surface area contributed by atoms with Crippen LogP contribution in [0.4, 0.5) is 17.1 Å². The van der Waals surface area contributed by atoms with Gasteiger partial charge in [-0.1, -0.05) is 53.1 Å². The van der Waals surface area contributed by atoms with E-state index in [1.54, 1.807) is 0 Å². The lowest BCUT2D eigenvalue weighted by Crippen LogP contribution is -2.59. The third-order valence-electron chi connectivity index (χ3n) is 5.99. The molecule has 2 aliphatic heterocycles. The van der Waals surface area contributed by atoms with Crippen LogP contribution in [0.5, 0.6) is 0 Å². The van der Waals surface area contributed by atoms with E-state index in [4.69, 9.17) is 4.65 Å². The first-order chi connectivity index (χ1) is 13.5. The van der Waals surface area contributed by atoms with Gasteiger partial charge in [0.25, 0.3) is 5.99 Å². The van der Waals surface area contributed by atoms with Crippen LogP contribution in [-0.4, -0.2) is 26.3 Å². The van der Waals surface area contributed by atoms with E-state index in [2.05, 4.69) is 80.5 Å². The first-order valence-electron chi connectivity index (χ1n) is 9.74. The predicted octanol–water partition coefficient (Wildman–Crippen LogP) is 2.93. The van der Waals surface area contributed by atoms with Crippen LogP contribution in [0.1, 0.15) is 16.7 Å². The minimum Gasteiger partial charge on any atom is -0.430 e. The Balaban J connectivity index is 1.91. The van der Waals surface area contributed by atoms with Crippen molar-refractivity contribution in [3.8, 4) is 0 Å². The zero-order valence-electron chi connectivity index (χ0n) is 17.0. The van der Waals surface area contributed by atoms with Gasteiger partial charge >= 0.3 is 6.92 Å². The number of nitrogens with zero attached hydrogens (tertiary/aromatic N) is 1. The highest BCUT2D eigenvalue weighted by Gasteiger charge is 2.42. The van der Waals surface area contributed by atoms with Crippen molar-refractivity contribution in [2.75, 3.05) is 18.3 Å². The Kier molecular flexibility index (Phi) is 4.15. The number of hydrogen-bond acceptors (Lipinski definition) is 3. The molecule has 0 aliphatic carbocycles. The lowest BCUT2D eigenvalue weighted by atomic mass is 9.47. The van der Waals surface area contributed by atoms with Gasteiger partial charge in [-0.05, 0) is 61.0 Å². The molecule has 5 rings (SSSR count). The lowest BCUT2D eigenvalue weighted by molar-refractivity contribution is 0.439. The number of fused-ring (bicyclic) bond motifs is 4. The van der Waals surface area contributed by atoms with E-state index in [0.29, 0.717) is 5.99 Å². The molecule has 0 amide bonds. The Morgan fingerprint density at radius 2 is 1.32 bits per heavy atom. The minimum absolute atomic E-state index is 0.0331. The monoisotopic (exact) mass is 383 g/mol. The van der Waals surface area contributed by atoms with E-state index in [1.807, 2.05) is 18.7 Å². The fraction of sp³-hybridized carbons (Fsp3) is 0.217. The second-order valence-corrected chi connectivity index (χ2v) is 8.93. The first-order valence-corrected chi connectivity index (χ1v) is 11.0. The van der Waals surface area contributed by atoms with Gasteiger partial charge in [0.05, 0.1) is 0 Å². The maximum absolute atomic E-state index is 6.07. The van der Waals surface area contributed by atoms with Crippen LogP contribution >= 0.6 is 11.6 Å². The van der Waals surface area contributed by atoms with Crippen molar-refractivity contribution in [1.82, 2.24) is 0 Å². The number of benzene rings is 3. The van der Waals surface area contributed by atoms with Gasteiger partial charge in [-0.2, -0.15) is 0 Å². The molecule has 0 saturated carbocycles. The van der Waals surface area contributed by atoms with Crippen LogP contribution in [-0.2, 0) is 4.65 Å². The molecule has 5 heteroatoms. The number of anilines is 3. The topological polar surface area (TPSA) is 12.5 Å². The maximum atomic E-state index is 6.07. The van der Waals surface area contributed by atoms with E-state index in [0.717, 1.165) is 0 Å². The van der Waals surface area contributed by atoms with Crippen molar-refractivity contribution in [1.29, 1.82) is 0 Å². The van der Waals surface area contributed by atoms with E-state index in [-0.39, 0.29) is 6.92 Å². The molecule has 2 aliphatic rings. The first kappa shape index (κ1) is 18.0. The summed E-state index contributed by atoms with van der Waals surface area (Å²) in [6.07, 6.45) is 2.22. The van der Waals surface area contributed by atoms with Crippen LogP contribution < -0.4 is 26.8 Å². The summed E-state index contributed by atoms with van der Waals surface area (Å²) in [5.41, 5.74) is 13.0. The summed E-state index contributed by atoms with van der Waals surface area (Å²) >= 11 is 1.92. The van der Waals surface area contributed by atoms with Crippen LogP contribution in [0, 0.1) is 20.8 Å². The van der Waals surface area contributed by atoms with Crippen LogP contribution in [0.15, 0.2) is 48.5 Å². The Hall–Kier alpha value is -2.10. The van der Waals surface area contributed by atoms with E-state index in [9.17, 15) is 0 Å². The molecule has 0 saturated heterocycles. The average Bonchev–Trinajstić information content (AvgIpc) is 2.67. The Labute approximate surface area is 172 Å². The molecule has 0 unspecified atom stereocenters. The Bertz CT molecular complexity index is 1030. The van der Waals surface area contributed by atoms with Gasteiger partial charge in [0, 0.05) is 24.2 Å². The number of rotatable bonds is 2. The third kappa shape index (κ3) is 2.42. The minimum atomic E-state index is -0.0331. The van der Waals surface area contributed by atoms with Gasteiger partial charge in [-0.15, -0.1) is 0 Å². The van der Waals surface area contributed by atoms with Gasteiger partial charge in [0.2, 0.25) is 0 Å². The van der Waals surface area contributed by atoms with Crippen molar-refractivity contribution < 1.29 is 4.65 Å². The van der Waals surface area contributed by atoms with Crippen molar-refractivity contribution in [3.05, 3.63) is 65.2 Å². The molecule has 0 atom stereocenters. The number of aryl methyl sites for hydroxylation is 3. The summed E-state index contributed by atoms with van der Waals surface area (Å²) in [6.45, 7) is 6.50. The average molecular weight is 383 g/mol. The second kappa shape index (κ2) is 6.47. The highest BCUT2D eigenvalue weighted by Crippen LogP contribution is 2.38. The smallest absolute Gasteiger partial charge is 0.365 e. The van der Waals surface area contributed by atoms with Crippen LogP contribution in [0.3, 0.4) is 0 Å². The van der Waals surface area contributed by atoms with Crippen LogP contribution in [0.25, 0.3) is 0 Å². The van der Waals surface area contributed by atoms with Gasteiger partial charge < -0.3 is 9.55 Å².